The first-order chi connectivity index (χ1) is 13.2. The van der Waals surface area contributed by atoms with E-state index in [0.29, 0.717) is 6.42 Å². The van der Waals surface area contributed by atoms with Gasteiger partial charge in [-0.05, 0) is 54.4 Å². The Balaban J connectivity index is 1.45. The first-order valence-electron chi connectivity index (χ1n) is 9.87. The Morgan fingerprint density at radius 2 is 1.63 bits per heavy atom. The molecule has 140 valence electrons. The third-order valence-corrected chi connectivity index (χ3v) is 6.19. The minimum Gasteiger partial charge on any atom is -0.356 e. The molecule has 1 N–H and O–H groups in total. The van der Waals surface area contributed by atoms with E-state index in [1.54, 1.807) is 0 Å². The van der Waals surface area contributed by atoms with Crippen molar-refractivity contribution in [3.05, 3.63) is 60.2 Å². The van der Waals surface area contributed by atoms with Gasteiger partial charge in [-0.25, -0.2) is 0 Å². The molecule has 0 radical (unpaired) electrons. The number of likely N-dealkylation sites (tertiary alicyclic amines) is 1. The number of nitrogens with zero attached hydrogens (tertiary/aromatic N) is 1. The maximum Gasteiger partial charge on any atom is 0.253 e. The predicted molar refractivity (Wildman–Crippen MR) is 106 cm³/mol. The van der Waals surface area contributed by atoms with E-state index >= 15 is 0 Å². The molecule has 4 rings (SSSR count). The lowest BCUT2D eigenvalue weighted by atomic mass is 9.73. The minimum absolute atomic E-state index is 0.116. The van der Waals surface area contributed by atoms with Crippen molar-refractivity contribution >= 4 is 11.8 Å². The average molecular weight is 362 g/mol. The van der Waals surface area contributed by atoms with Crippen molar-refractivity contribution < 1.29 is 9.59 Å². The van der Waals surface area contributed by atoms with Crippen LogP contribution in [0.25, 0.3) is 11.1 Å². The largest absolute Gasteiger partial charge is 0.356 e. The first kappa shape index (κ1) is 17.8. The zero-order valence-corrected chi connectivity index (χ0v) is 15.6. The van der Waals surface area contributed by atoms with Crippen LogP contribution in [0, 0.1) is 5.41 Å². The molecule has 2 fully saturated rings. The Morgan fingerprint density at radius 1 is 0.889 bits per heavy atom. The van der Waals surface area contributed by atoms with Gasteiger partial charge >= 0.3 is 0 Å². The first-order valence-corrected chi connectivity index (χ1v) is 9.87. The molecule has 2 heterocycles. The van der Waals surface area contributed by atoms with Crippen LogP contribution < -0.4 is 5.32 Å². The Labute approximate surface area is 160 Å². The quantitative estimate of drug-likeness (QED) is 0.881. The molecule has 27 heavy (non-hydrogen) atoms. The van der Waals surface area contributed by atoms with Crippen LogP contribution in [0.15, 0.2) is 54.6 Å². The maximum atomic E-state index is 13.0. The van der Waals surface area contributed by atoms with E-state index in [-0.39, 0.29) is 17.2 Å². The van der Waals surface area contributed by atoms with Crippen LogP contribution in [0.2, 0.25) is 0 Å². The molecule has 0 aromatic heterocycles. The summed E-state index contributed by atoms with van der Waals surface area (Å²) in [6.07, 6.45) is 4.58. The maximum absolute atomic E-state index is 13.0. The highest BCUT2D eigenvalue weighted by Crippen LogP contribution is 2.40. The van der Waals surface area contributed by atoms with E-state index < -0.39 is 0 Å². The van der Waals surface area contributed by atoms with Crippen molar-refractivity contribution in [2.24, 2.45) is 5.41 Å². The molecule has 2 aromatic rings. The Bertz CT molecular complexity index is 823. The fourth-order valence-corrected chi connectivity index (χ4v) is 4.39. The normalized spacial score (nSPS) is 19.4. The standard InChI is InChI=1S/C23H26N2O2/c26-21-9-10-23(11-14-24-21)12-15-25(16-13-23)22(27)20-8-4-7-19(17-20)18-5-2-1-3-6-18/h1-8,17H,9-16H2,(H,24,26). The van der Waals surface area contributed by atoms with Crippen LogP contribution in [-0.4, -0.2) is 36.3 Å². The van der Waals surface area contributed by atoms with Gasteiger partial charge in [0.2, 0.25) is 5.91 Å². The molecule has 0 saturated carbocycles. The molecule has 4 nitrogen and oxygen atoms in total. The summed E-state index contributed by atoms with van der Waals surface area (Å²) in [5, 5.41) is 2.98. The van der Waals surface area contributed by atoms with Crippen molar-refractivity contribution in [2.75, 3.05) is 19.6 Å². The number of benzene rings is 2. The third kappa shape index (κ3) is 3.90. The molecule has 2 aliphatic heterocycles. The summed E-state index contributed by atoms with van der Waals surface area (Å²) in [5.74, 6) is 0.286. The summed E-state index contributed by atoms with van der Waals surface area (Å²) in [5.41, 5.74) is 3.18. The Hall–Kier alpha value is -2.62. The van der Waals surface area contributed by atoms with Gasteiger partial charge in [0.05, 0.1) is 0 Å². The van der Waals surface area contributed by atoms with Gasteiger partial charge in [-0.2, -0.15) is 0 Å². The summed E-state index contributed by atoms with van der Waals surface area (Å²) in [6, 6.07) is 18.1. The zero-order chi connectivity index (χ0) is 18.7. The lowest BCUT2D eigenvalue weighted by Gasteiger charge is -2.41. The molecule has 2 saturated heterocycles. The highest BCUT2D eigenvalue weighted by Gasteiger charge is 2.37. The van der Waals surface area contributed by atoms with E-state index in [0.717, 1.165) is 62.0 Å². The molecule has 4 heteroatoms. The molecule has 0 aliphatic carbocycles. The number of hydrogen-bond donors (Lipinski definition) is 1. The van der Waals surface area contributed by atoms with Crippen molar-refractivity contribution in [2.45, 2.75) is 32.1 Å². The van der Waals surface area contributed by atoms with E-state index in [4.69, 9.17) is 0 Å². The van der Waals surface area contributed by atoms with Gasteiger partial charge in [-0.3, -0.25) is 9.59 Å². The second-order valence-corrected chi connectivity index (χ2v) is 7.84. The molecule has 1 spiro atoms. The van der Waals surface area contributed by atoms with E-state index in [9.17, 15) is 9.59 Å². The molecular formula is C23H26N2O2. The molecule has 0 unspecified atom stereocenters. The fourth-order valence-electron chi connectivity index (χ4n) is 4.39. The van der Waals surface area contributed by atoms with Gasteiger partial charge in [0, 0.05) is 31.6 Å². The average Bonchev–Trinajstić information content (AvgIpc) is 2.90. The molecule has 0 bridgehead atoms. The monoisotopic (exact) mass is 362 g/mol. The van der Waals surface area contributed by atoms with Crippen LogP contribution in [0.4, 0.5) is 0 Å². The predicted octanol–water partition coefficient (Wildman–Crippen LogP) is 3.88. The van der Waals surface area contributed by atoms with Crippen LogP contribution >= 0.6 is 0 Å². The van der Waals surface area contributed by atoms with Gasteiger partial charge in [-0.15, -0.1) is 0 Å². The highest BCUT2D eigenvalue weighted by atomic mass is 16.2. The molecule has 2 aromatic carbocycles. The van der Waals surface area contributed by atoms with Gasteiger partial charge in [0.25, 0.3) is 5.91 Å². The number of nitrogens with one attached hydrogen (secondary N) is 1. The smallest absolute Gasteiger partial charge is 0.253 e. The van der Waals surface area contributed by atoms with E-state index in [1.807, 2.05) is 47.4 Å². The number of piperidine rings is 1. The van der Waals surface area contributed by atoms with E-state index in [1.165, 1.54) is 0 Å². The minimum atomic E-state index is 0.116. The summed E-state index contributed by atoms with van der Waals surface area (Å²) in [4.78, 5) is 26.7. The van der Waals surface area contributed by atoms with Crippen molar-refractivity contribution in [1.82, 2.24) is 10.2 Å². The van der Waals surface area contributed by atoms with Crippen LogP contribution in [0.5, 0.6) is 0 Å². The van der Waals surface area contributed by atoms with Crippen molar-refractivity contribution in [3.8, 4) is 11.1 Å². The number of amides is 2. The van der Waals surface area contributed by atoms with Gasteiger partial charge in [0.1, 0.15) is 0 Å². The van der Waals surface area contributed by atoms with Gasteiger partial charge < -0.3 is 10.2 Å². The van der Waals surface area contributed by atoms with Gasteiger partial charge in [-0.1, -0.05) is 42.5 Å². The van der Waals surface area contributed by atoms with Crippen LogP contribution in [0.3, 0.4) is 0 Å². The Kier molecular flexibility index (Phi) is 4.97. The number of hydrogen-bond acceptors (Lipinski definition) is 2. The van der Waals surface area contributed by atoms with Crippen molar-refractivity contribution in [1.29, 1.82) is 0 Å². The SMILES string of the molecule is O=C1CCC2(CCN1)CCN(C(=O)c1cccc(-c3ccccc3)c1)CC2. The lowest BCUT2D eigenvalue weighted by Crippen LogP contribution is -2.43. The lowest BCUT2D eigenvalue weighted by molar-refractivity contribution is -0.121. The van der Waals surface area contributed by atoms with Crippen molar-refractivity contribution in [3.63, 3.8) is 0 Å². The molecular weight excluding hydrogens is 336 g/mol. The number of carbonyl (C=O) groups is 2. The summed E-state index contributed by atoms with van der Waals surface area (Å²) < 4.78 is 0. The van der Waals surface area contributed by atoms with E-state index in [2.05, 4.69) is 17.4 Å². The number of carbonyl (C=O) groups excluding carboxylic acids is 2. The summed E-state index contributed by atoms with van der Waals surface area (Å²) in [7, 11) is 0. The second-order valence-electron chi connectivity index (χ2n) is 7.84. The highest BCUT2D eigenvalue weighted by molar-refractivity contribution is 5.95. The Morgan fingerprint density at radius 3 is 2.41 bits per heavy atom. The number of rotatable bonds is 2. The van der Waals surface area contributed by atoms with Gasteiger partial charge in [0.15, 0.2) is 0 Å². The third-order valence-electron chi connectivity index (χ3n) is 6.19. The zero-order valence-electron chi connectivity index (χ0n) is 15.6. The molecule has 0 atom stereocenters. The topological polar surface area (TPSA) is 49.4 Å². The molecule has 2 aliphatic rings. The fraction of sp³-hybridized carbons (Fsp3) is 0.391. The van der Waals surface area contributed by atoms with Crippen LogP contribution in [0.1, 0.15) is 42.5 Å². The van der Waals surface area contributed by atoms with Crippen LogP contribution in [-0.2, 0) is 4.79 Å². The molecule has 2 amide bonds. The summed E-state index contributed by atoms with van der Waals surface area (Å²) >= 11 is 0. The summed E-state index contributed by atoms with van der Waals surface area (Å²) in [6.45, 7) is 2.33. The second kappa shape index (κ2) is 7.55.